The van der Waals surface area contributed by atoms with Gasteiger partial charge in [0.2, 0.25) is 0 Å². The minimum absolute atomic E-state index is 0.385. The van der Waals surface area contributed by atoms with Gasteiger partial charge >= 0.3 is 0 Å². The largest absolute Gasteiger partial charge is 0.264 e. The molecule has 1 heteroatoms. The molecule has 1 aromatic rings. The van der Waals surface area contributed by atoms with E-state index in [-0.39, 0.29) is 0 Å². The molecule has 0 aromatic carbocycles. The standard InChI is InChI=1S/C13H19N/c1-13(2,3)12-6-4-5-10-9-14-8-7-11(10)12/h7-9,12H,4-6H2,1-3H3. The van der Waals surface area contributed by atoms with Gasteiger partial charge in [0.05, 0.1) is 0 Å². The molecule has 0 radical (unpaired) electrons. The second kappa shape index (κ2) is 3.38. The third-order valence-corrected chi connectivity index (χ3v) is 3.30. The maximum Gasteiger partial charge on any atom is 0.0302 e. The summed E-state index contributed by atoms with van der Waals surface area (Å²) in [5.74, 6) is 0.717. The monoisotopic (exact) mass is 189 g/mol. The Labute approximate surface area is 86.6 Å². The highest BCUT2D eigenvalue weighted by atomic mass is 14.6. The quantitative estimate of drug-likeness (QED) is 0.608. The SMILES string of the molecule is CC(C)(C)C1CCCc2cnccc21. The van der Waals surface area contributed by atoms with Crippen LogP contribution in [-0.4, -0.2) is 4.98 Å². The Hall–Kier alpha value is -0.850. The van der Waals surface area contributed by atoms with Crippen molar-refractivity contribution < 1.29 is 0 Å². The Kier molecular flexibility index (Phi) is 2.34. The number of rotatable bonds is 0. The van der Waals surface area contributed by atoms with Crippen LogP contribution in [0.1, 0.15) is 50.7 Å². The third-order valence-electron chi connectivity index (χ3n) is 3.30. The summed E-state index contributed by atoms with van der Waals surface area (Å²) in [7, 11) is 0. The summed E-state index contributed by atoms with van der Waals surface area (Å²) in [4.78, 5) is 4.21. The number of aromatic nitrogens is 1. The summed E-state index contributed by atoms with van der Waals surface area (Å²) < 4.78 is 0. The zero-order chi connectivity index (χ0) is 10.2. The van der Waals surface area contributed by atoms with Crippen LogP contribution in [-0.2, 0) is 6.42 Å². The normalized spacial score (nSPS) is 21.8. The smallest absolute Gasteiger partial charge is 0.0302 e. The van der Waals surface area contributed by atoms with Crippen LogP contribution in [0.5, 0.6) is 0 Å². The fourth-order valence-corrected chi connectivity index (χ4v) is 2.54. The summed E-state index contributed by atoms with van der Waals surface area (Å²) in [5, 5.41) is 0. The predicted octanol–water partition coefficient (Wildman–Crippen LogP) is 3.55. The van der Waals surface area contributed by atoms with Crippen molar-refractivity contribution in [3.8, 4) is 0 Å². The lowest BCUT2D eigenvalue weighted by Gasteiger charge is -2.35. The van der Waals surface area contributed by atoms with Gasteiger partial charge in [-0.15, -0.1) is 0 Å². The summed E-state index contributed by atoms with van der Waals surface area (Å²) in [5.41, 5.74) is 3.40. The van der Waals surface area contributed by atoms with Crippen LogP contribution in [0.3, 0.4) is 0 Å². The van der Waals surface area contributed by atoms with Gasteiger partial charge in [-0.2, -0.15) is 0 Å². The number of pyridine rings is 1. The first kappa shape index (κ1) is 9.70. The van der Waals surface area contributed by atoms with Crippen LogP contribution in [0.2, 0.25) is 0 Å². The van der Waals surface area contributed by atoms with E-state index < -0.39 is 0 Å². The first-order valence-electron chi connectivity index (χ1n) is 5.52. The number of aryl methyl sites for hydroxylation is 1. The first-order chi connectivity index (χ1) is 6.59. The molecular weight excluding hydrogens is 170 g/mol. The summed E-state index contributed by atoms with van der Waals surface area (Å²) in [6, 6.07) is 2.21. The predicted molar refractivity (Wildman–Crippen MR) is 59.4 cm³/mol. The Morgan fingerprint density at radius 1 is 1.36 bits per heavy atom. The Morgan fingerprint density at radius 2 is 2.14 bits per heavy atom. The highest BCUT2D eigenvalue weighted by molar-refractivity contribution is 5.30. The van der Waals surface area contributed by atoms with E-state index in [1.165, 1.54) is 24.8 Å². The highest BCUT2D eigenvalue weighted by Gasteiger charge is 2.29. The lowest BCUT2D eigenvalue weighted by atomic mass is 9.70. The molecule has 0 amide bonds. The van der Waals surface area contributed by atoms with Crippen molar-refractivity contribution in [3.63, 3.8) is 0 Å². The summed E-state index contributed by atoms with van der Waals surface area (Å²) in [6.07, 6.45) is 7.85. The Balaban J connectivity index is 2.41. The highest BCUT2D eigenvalue weighted by Crippen LogP contribution is 2.42. The van der Waals surface area contributed by atoms with Gasteiger partial charge in [0.15, 0.2) is 0 Å². The molecule has 2 rings (SSSR count). The summed E-state index contributed by atoms with van der Waals surface area (Å²) >= 11 is 0. The molecule has 0 saturated heterocycles. The van der Waals surface area contributed by atoms with Crippen molar-refractivity contribution in [2.24, 2.45) is 5.41 Å². The van der Waals surface area contributed by atoms with E-state index >= 15 is 0 Å². The lowest BCUT2D eigenvalue weighted by molar-refractivity contribution is 0.289. The van der Waals surface area contributed by atoms with Gasteiger partial charge in [0.25, 0.3) is 0 Å². The van der Waals surface area contributed by atoms with Crippen molar-refractivity contribution in [1.29, 1.82) is 0 Å². The molecule has 0 spiro atoms. The second-order valence-corrected chi connectivity index (χ2v) is 5.39. The van der Waals surface area contributed by atoms with Crippen molar-refractivity contribution in [3.05, 3.63) is 29.6 Å². The molecule has 0 aliphatic heterocycles. The molecule has 0 bridgehead atoms. The zero-order valence-corrected chi connectivity index (χ0v) is 9.38. The molecule has 1 aliphatic rings. The van der Waals surface area contributed by atoms with E-state index in [0.717, 1.165) is 0 Å². The minimum atomic E-state index is 0.385. The van der Waals surface area contributed by atoms with Crippen LogP contribution in [0, 0.1) is 5.41 Å². The number of hydrogen-bond donors (Lipinski definition) is 0. The molecule has 1 heterocycles. The topological polar surface area (TPSA) is 12.9 Å². The number of fused-ring (bicyclic) bond motifs is 1. The average Bonchev–Trinajstić information content (AvgIpc) is 2.15. The van der Waals surface area contributed by atoms with E-state index in [1.807, 2.05) is 12.4 Å². The van der Waals surface area contributed by atoms with Crippen LogP contribution in [0.25, 0.3) is 0 Å². The van der Waals surface area contributed by atoms with E-state index in [2.05, 4.69) is 31.8 Å². The molecule has 14 heavy (non-hydrogen) atoms. The molecule has 1 aromatic heterocycles. The molecule has 1 nitrogen and oxygen atoms in total. The molecule has 1 unspecified atom stereocenters. The summed E-state index contributed by atoms with van der Waals surface area (Å²) in [6.45, 7) is 7.02. The zero-order valence-electron chi connectivity index (χ0n) is 9.38. The minimum Gasteiger partial charge on any atom is -0.264 e. The molecule has 0 fully saturated rings. The van der Waals surface area contributed by atoms with E-state index in [9.17, 15) is 0 Å². The molecule has 1 aliphatic carbocycles. The molecule has 1 atom stereocenters. The number of hydrogen-bond acceptors (Lipinski definition) is 1. The van der Waals surface area contributed by atoms with Crippen LogP contribution in [0.4, 0.5) is 0 Å². The molecule has 76 valence electrons. The van der Waals surface area contributed by atoms with E-state index in [4.69, 9.17) is 0 Å². The molecule has 0 saturated carbocycles. The fraction of sp³-hybridized carbons (Fsp3) is 0.615. The van der Waals surface area contributed by atoms with Gasteiger partial charge in [-0.1, -0.05) is 20.8 Å². The van der Waals surface area contributed by atoms with Crippen LogP contribution >= 0.6 is 0 Å². The Bertz CT molecular complexity index is 322. The maximum atomic E-state index is 4.21. The van der Waals surface area contributed by atoms with Gasteiger partial charge in [0.1, 0.15) is 0 Å². The van der Waals surface area contributed by atoms with Crippen molar-refractivity contribution >= 4 is 0 Å². The maximum absolute atomic E-state index is 4.21. The van der Waals surface area contributed by atoms with Crippen LogP contribution < -0.4 is 0 Å². The third kappa shape index (κ3) is 1.68. The van der Waals surface area contributed by atoms with Crippen molar-refractivity contribution in [2.75, 3.05) is 0 Å². The fourth-order valence-electron chi connectivity index (χ4n) is 2.54. The molecular formula is C13H19N. The van der Waals surface area contributed by atoms with Gasteiger partial charge in [0, 0.05) is 12.4 Å². The van der Waals surface area contributed by atoms with Crippen molar-refractivity contribution in [1.82, 2.24) is 4.98 Å². The van der Waals surface area contributed by atoms with Gasteiger partial charge < -0.3 is 0 Å². The lowest BCUT2D eigenvalue weighted by Crippen LogP contribution is -2.23. The van der Waals surface area contributed by atoms with Crippen molar-refractivity contribution in [2.45, 2.75) is 46.0 Å². The van der Waals surface area contributed by atoms with Crippen LogP contribution in [0.15, 0.2) is 18.5 Å². The Morgan fingerprint density at radius 3 is 2.86 bits per heavy atom. The van der Waals surface area contributed by atoms with E-state index in [1.54, 1.807) is 5.56 Å². The first-order valence-corrected chi connectivity index (χ1v) is 5.52. The van der Waals surface area contributed by atoms with Gasteiger partial charge in [-0.05, 0) is 47.8 Å². The van der Waals surface area contributed by atoms with Gasteiger partial charge in [-0.25, -0.2) is 0 Å². The van der Waals surface area contributed by atoms with E-state index in [0.29, 0.717) is 11.3 Å². The average molecular weight is 189 g/mol. The van der Waals surface area contributed by atoms with Gasteiger partial charge in [-0.3, -0.25) is 4.98 Å². The molecule has 0 N–H and O–H groups in total. The second-order valence-electron chi connectivity index (χ2n) is 5.39. The number of nitrogens with zero attached hydrogens (tertiary/aromatic N) is 1.